The first kappa shape index (κ1) is 22.3. The number of hydrogen-bond acceptors (Lipinski definition) is 5. The Morgan fingerprint density at radius 2 is 1.80 bits per heavy atom. The van der Waals surface area contributed by atoms with Crippen molar-refractivity contribution in [3.05, 3.63) is 65.2 Å². The van der Waals surface area contributed by atoms with Gasteiger partial charge in [-0.05, 0) is 42.9 Å². The van der Waals surface area contributed by atoms with E-state index >= 15 is 0 Å². The summed E-state index contributed by atoms with van der Waals surface area (Å²) in [5, 5.41) is 2.68. The van der Waals surface area contributed by atoms with E-state index in [9.17, 15) is 22.0 Å². The van der Waals surface area contributed by atoms with Gasteiger partial charge in [0.15, 0.2) is 0 Å². The molecule has 0 spiro atoms. The average molecular weight is 439 g/mol. The van der Waals surface area contributed by atoms with Gasteiger partial charge in [-0.2, -0.15) is 0 Å². The van der Waals surface area contributed by atoms with Gasteiger partial charge in [0, 0.05) is 19.6 Å². The molecule has 2 aromatic rings. The summed E-state index contributed by atoms with van der Waals surface area (Å²) in [7, 11) is -2.59. The highest BCUT2D eigenvalue weighted by Gasteiger charge is 2.25. The van der Waals surface area contributed by atoms with Crippen LogP contribution >= 0.6 is 0 Å². The Hall–Kier alpha value is -2.40. The van der Waals surface area contributed by atoms with Gasteiger partial charge < -0.3 is 10.1 Å². The summed E-state index contributed by atoms with van der Waals surface area (Å²) in [6.07, 6.45) is 0. The zero-order valence-corrected chi connectivity index (χ0v) is 17.2. The second-order valence-electron chi connectivity index (χ2n) is 6.77. The molecule has 0 aliphatic carbocycles. The standard InChI is InChI=1S/C20H23F2N3O4S/c1-23-30(27,28)16-6-7-18(22)17(12-16)20(26)24-13-19(25-8-10-29-11-9-25)14-2-4-15(21)5-3-14/h2-7,12,19,23H,8-11,13H2,1H3,(H,24,26). The highest BCUT2D eigenvalue weighted by atomic mass is 32.2. The molecule has 0 bridgehead atoms. The van der Waals surface area contributed by atoms with Gasteiger partial charge in [0.05, 0.1) is 29.7 Å². The second-order valence-corrected chi connectivity index (χ2v) is 8.66. The van der Waals surface area contributed by atoms with Gasteiger partial charge >= 0.3 is 0 Å². The Morgan fingerprint density at radius 3 is 2.43 bits per heavy atom. The average Bonchev–Trinajstić information content (AvgIpc) is 2.76. The molecule has 10 heteroatoms. The first-order valence-corrected chi connectivity index (χ1v) is 10.9. The topological polar surface area (TPSA) is 87.7 Å². The maximum Gasteiger partial charge on any atom is 0.254 e. The molecular weight excluding hydrogens is 416 g/mol. The number of morpholine rings is 1. The predicted octanol–water partition coefficient (Wildman–Crippen LogP) is 1.68. The van der Waals surface area contributed by atoms with E-state index in [4.69, 9.17) is 4.74 Å². The van der Waals surface area contributed by atoms with E-state index < -0.39 is 21.7 Å². The third-order valence-corrected chi connectivity index (χ3v) is 6.37. The molecule has 30 heavy (non-hydrogen) atoms. The van der Waals surface area contributed by atoms with E-state index in [1.165, 1.54) is 19.2 Å². The minimum absolute atomic E-state index is 0.132. The summed E-state index contributed by atoms with van der Waals surface area (Å²) >= 11 is 0. The minimum Gasteiger partial charge on any atom is -0.379 e. The monoisotopic (exact) mass is 439 g/mol. The first-order valence-electron chi connectivity index (χ1n) is 9.40. The Kier molecular flexibility index (Phi) is 7.14. The summed E-state index contributed by atoms with van der Waals surface area (Å²) < 4.78 is 59.0. The van der Waals surface area contributed by atoms with Crippen molar-refractivity contribution in [2.24, 2.45) is 0 Å². The van der Waals surface area contributed by atoms with Crippen molar-refractivity contribution >= 4 is 15.9 Å². The second kappa shape index (κ2) is 9.61. The van der Waals surface area contributed by atoms with Crippen LogP contribution in [0.1, 0.15) is 22.0 Å². The molecule has 1 heterocycles. The summed E-state index contributed by atoms with van der Waals surface area (Å²) in [5.41, 5.74) is 0.428. The smallest absolute Gasteiger partial charge is 0.254 e. The number of nitrogens with zero attached hydrogens (tertiary/aromatic N) is 1. The van der Waals surface area contributed by atoms with Crippen LogP contribution in [0, 0.1) is 11.6 Å². The van der Waals surface area contributed by atoms with Crippen molar-refractivity contribution in [2.45, 2.75) is 10.9 Å². The molecule has 0 saturated carbocycles. The molecule has 0 radical (unpaired) electrons. The zero-order chi connectivity index (χ0) is 21.7. The van der Waals surface area contributed by atoms with E-state index in [0.29, 0.717) is 26.3 Å². The number of ether oxygens (including phenoxy) is 1. The van der Waals surface area contributed by atoms with Crippen molar-refractivity contribution in [1.29, 1.82) is 0 Å². The van der Waals surface area contributed by atoms with Crippen LogP contribution in [-0.4, -0.2) is 59.1 Å². The third kappa shape index (κ3) is 5.20. The lowest BCUT2D eigenvalue weighted by Gasteiger charge is -2.35. The molecule has 1 aliphatic rings. The molecule has 1 unspecified atom stereocenters. The van der Waals surface area contributed by atoms with E-state index in [1.54, 1.807) is 12.1 Å². The summed E-state index contributed by atoms with van der Waals surface area (Å²) in [5.74, 6) is -1.93. The number of benzene rings is 2. The molecule has 2 N–H and O–H groups in total. The van der Waals surface area contributed by atoms with Gasteiger partial charge in [-0.15, -0.1) is 0 Å². The molecule has 7 nitrogen and oxygen atoms in total. The number of halogens is 2. The fraction of sp³-hybridized carbons (Fsp3) is 0.350. The molecular formula is C20H23F2N3O4S. The van der Waals surface area contributed by atoms with Crippen molar-refractivity contribution in [2.75, 3.05) is 39.9 Å². The number of carbonyl (C=O) groups is 1. The summed E-state index contributed by atoms with van der Waals surface area (Å²) in [4.78, 5) is 14.5. The quantitative estimate of drug-likeness (QED) is 0.686. The fourth-order valence-corrected chi connectivity index (χ4v) is 4.04. The maximum absolute atomic E-state index is 14.2. The molecule has 162 valence electrons. The lowest BCUT2D eigenvalue weighted by molar-refractivity contribution is 0.0162. The van der Waals surface area contributed by atoms with Crippen LogP contribution in [0.25, 0.3) is 0 Å². The van der Waals surface area contributed by atoms with Crippen molar-refractivity contribution < 1.29 is 26.7 Å². The number of hydrogen-bond donors (Lipinski definition) is 2. The highest BCUT2D eigenvalue weighted by molar-refractivity contribution is 7.89. The number of nitrogens with one attached hydrogen (secondary N) is 2. The number of rotatable bonds is 7. The van der Waals surface area contributed by atoms with Crippen LogP contribution in [0.15, 0.2) is 47.4 Å². The molecule has 3 rings (SSSR count). The molecule has 0 aromatic heterocycles. The van der Waals surface area contributed by atoms with Crippen LogP contribution in [-0.2, 0) is 14.8 Å². The van der Waals surface area contributed by atoms with Crippen molar-refractivity contribution in [3.63, 3.8) is 0 Å². The SMILES string of the molecule is CNS(=O)(=O)c1ccc(F)c(C(=O)NCC(c2ccc(F)cc2)N2CCOCC2)c1. The van der Waals surface area contributed by atoms with E-state index in [0.717, 1.165) is 23.8 Å². The van der Waals surface area contributed by atoms with Crippen LogP contribution < -0.4 is 10.0 Å². The van der Waals surface area contributed by atoms with Crippen molar-refractivity contribution in [3.8, 4) is 0 Å². The number of carbonyl (C=O) groups excluding carboxylic acids is 1. The third-order valence-electron chi connectivity index (χ3n) is 4.96. The highest BCUT2D eigenvalue weighted by Crippen LogP contribution is 2.22. The molecule has 1 fully saturated rings. The Morgan fingerprint density at radius 1 is 1.13 bits per heavy atom. The molecule has 1 atom stereocenters. The first-order chi connectivity index (χ1) is 14.3. The van der Waals surface area contributed by atoms with Crippen molar-refractivity contribution in [1.82, 2.24) is 14.9 Å². The fourth-order valence-electron chi connectivity index (χ4n) is 3.28. The minimum atomic E-state index is -3.82. The van der Waals surface area contributed by atoms with E-state index in [1.807, 2.05) is 0 Å². The van der Waals surface area contributed by atoms with Gasteiger partial charge in [0.25, 0.3) is 5.91 Å². The Balaban J connectivity index is 1.80. The zero-order valence-electron chi connectivity index (χ0n) is 16.4. The predicted molar refractivity (Wildman–Crippen MR) is 107 cm³/mol. The summed E-state index contributed by atoms with van der Waals surface area (Å²) in [6, 6.07) is 8.73. The molecule has 2 aromatic carbocycles. The molecule has 1 aliphatic heterocycles. The van der Waals surface area contributed by atoms with Crippen LogP contribution in [0.5, 0.6) is 0 Å². The van der Waals surface area contributed by atoms with Crippen LogP contribution in [0.4, 0.5) is 8.78 Å². The number of amides is 1. The largest absolute Gasteiger partial charge is 0.379 e. The van der Waals surface area contributed by atoms with E-state index in [2.05, 4.69) is 14.9 Å². The lowest BCUT2D eigenvalue weighted by atomic mass is 10.0. The maximum atomic E-state index is 14.2. The number of sulfonamides is 1. The van der Waals surface area contributed by atoms with Gasteiger partial charge in [-0.25, -0.2) is 21.9 Å². The summed E-state index contributed by atoms with van der Waals surface area (Å²) in [6.45, 7) is 2.45. The molecule has 1 saturated heterocycles. The van der Waals surface area contributed by atoms with Gasteiger partial charge in [-0.3, -0.25) is 9.69 Å². The van der Waals surface area contributed by atoms with Gasteiger partial charge in [-0.1, -0.05) is 12.1 Å². The molecule has 1 amide bonds. The van der Waals surface area contributed by atoms with Crippen LogP contribution in [0.3, 0.4) is 0 Å². The Bertz CT molecular complexity index is 994. The van der Waals surface area contributed by atoms with Crippen LogP contribution in [0.2, 0.25) is 0 Å². The van der Waals surface area contributed by atoms with Gasteiger partial charge in [0.1, 0.15) is 11.6 Å². The van der Waals surface area contributed by atoms with Gasteiger partial charge in [0.2, 0.25) is 10.0 Å². The Labute approximate surface area is 174 Å². The van der Waals surface area contributed by atoms with E-state index in [-0.39, 0.29) is 28.9 Å². The normalized spacial score (nSPS) is 16.2. The lowest BCUT2D eigenvalue weighted by Crippen LogP contribution is -2.44.